The van der Waals surface area contributed by atoms with Crippen molar-refractivity contribution >= 4 is 11.8 Å². The van der Waals surface area contributed by atoms with Crippen LogP contribution in [0.25, 0.3) is 0 Å². The Balaban J connectivity index is 1.29. The van der Waals surface area contributed by atoms with E-state index in [1.54, 1.807) is 0 Å². The highest BCUT2D eigenvalue weighted by molar-refractivity contribution is 5.74. The van der Waals surface area contributed by atoms with Crippen LogP contribution in [0.2, 0.25) is 0 Å². The first-order chi connectivity index (χ1) is 15.6. The van der Waals surface area contributed by atoms with Gasteiger partial charge in [0.2, 0.25) is 0 Å². The van der Waals surface area contributed by atoms with Crippen LogP contribution < -0.4 is 15.5 Å². The van der Waals surface area contributed by atoms with Crippen molar-refractivity contribution in [1.82, 2.24) is 25.4 Å². The Morgan fingerprint density at radius 2 is 1.69 bits per heavy atom. The minimum atomic E-state index is -0.228. The lowest BCUT2D eigenvalue weighted by Gasteiger charge is -2.34. The van der Waals surface area contributed by atoms with Gasteiger partial charge in [-0.2, -0.15) is 0 Å². The maximum atomic E-state index is 12.5. The number of rotatable bonds is 7. The van der Waals surface area contributed by atoms with Crippen LogP contribution in [0, 0.1) is 0 Å². The number of hydrogen-bond donors (Lipinski definition) is 3. The average molecular weight is 439 g/mol. The number of aliphatic hydroxyl groups excluding tert-OH is 1. The van der Waals surface area contributed by atoms with Crippen LogP contribution in [-0.4, -0.2) is 78.3 Å². The number of aliphatic hydroxyl groups is 1. The quantitative estimate of drug-likeness (QED) is 0.606. The van der Waals surface area contributed by atoms with E-state index >= 15 is 0 Å². The molecule has 0 bridgehead atoms. The molecule has 2 fully saturated rings. The van der Waals surface area contributed by atoms with E-state index in [4.69, 9.17) is 0 Å². The molecule has 8 nitrogen and oxygen atoms in total. The number of aromatic nitrogens is 1. The Kier molecular flexibility index (Phi) is 7.57. The fraction of sp³-hybridized carbons (Fsp3) is 0.500. The van der Waals surface area contributed by atoms with Crippen molar-refractivity contribution in [1.29, 1.82) is 0 Å². The molecule has 172 valence electrons. The van der Waals surface area contributed by atoms with E-state index in [1.807, 2.05) is 30.5 Å². The van der Waals surface area contributed by atoms with Gasteiger partial charge in [0.25, 0.3) is 0 Å². The third-order valence-corrected chi connectivity index (χ3v) is 6.31. The van der Waals surface area contributed by atoms with Gasteiger partial charge in [-0.15, -0.1) is 0 Å². The van der Waals surface area contributed by atoms with Gasteiger partial charge in [0.05, 0.1) is 6.10 Å². The van der Waals surface area contributed by atoms with E-state index in [-0.39, 0.29) is 12.1 Å². The van der Waals surface area contributed by atoms with Gasteiger partial charge in [-0.1, -0.05) is 30.3 Å². The number of carbonyl (C=O) groups excluding carboxylic acids is 1. The minimum Gasteiger partial charge on any atom is -0.392 e. The lowest BCUT2D eigenvalue weighted by molar-refractivity contribution is 0.174. The monoisotopic (exact) mass is 438 g/mol. The number of nitrogens with zero attached hydrogens (tertiary/aromatic N) is 4. The molecule has 1 unspecified atom stereocenters. The van der Waals surface area contributed by atoms with E-state index in [0.29, 0.717) is 19.6 Å². The largest absolute Gasteiger partial charge is 0.392 e. The maximum Gasteiger partial charge on any atom is 0.315 e. The van der Waals surface area contributed by atoms with Crippen LogP contribution in [-0.2, 0) is 19.6 Å². The number of urea groups is 1. The summed E-state index contributed by atoms with van der Waals surface area (Å²) in [4.78, 5) is 24.0. The smallest absolute Gasteiger partial charge is 0.315 e. The molecule has 1 atom stereocenters. The van der Waals surface area contributed by atoms with Crippen LogP contribution in [0.1, 0.15) is 23.1 Å². The number of likely N-dealkylation sites (tertiary alicyclic amines) is 1. The van der Waals surface area contributed by atoms with Crippen molar-refractivity contribution < 1.29 is 9.90 Å². The number of carbonyl (C=O) groups is 1. The van der Waals surface area contributed by atoms with Crippen molar-refractivity contribution in [2.75, 3.05) is 51.2 Å². The Bertz CT molecular complexity index is 900. The van der Waals surface area contributed by atoms with Gasteiger partial charge in [0, 0.05) is 70.7 Å². The molecule has 3 N–H and O–H groups in total. The number of anilines is 1. The van der Waals surface area contributed by atoms with E-state index in [0.717, 1.165) is 62.6 Å². The topological polar surface area (TPSA) is 84.0 Å². The molecule has 2 aromatic rings. The van der Waals surface area contributed by atoms with Gasteiger partial charge < -0.3 is 25.5 Å². The molecular weight excluding hydrogens is 404 g/mol. The van der Waals surface area contributed by atoms with E-state index in [9.17, 15) is 9.90 Å². The van der Waals surface area contributed by atoms with Gasteiger partial charge in [0.15, 0.2) is 0 Å². The summed E-state index contributed by atoms with van der Waals surface area (Å²) in [5, 5.41) is 15.7. The molecule has 2 aliphatic heterocycles. The number of nitrogens with one attached hydrogen (secondary N) is 2. The van der Waals surface area contributed by atoms with Gasteiger partial charge in [-0.05, 0) is 30.7 Å². The fourth-order valence-corrected chi connectivity index (χ4v) is 4.37. The first-order valence-corrected chi connectivity index (χ1v) is 11.4. The second-order valence-corrected chi connectivity index (χ2v) is 8.76. The predicted molar refractivity (Wildman–Crippen MR) is 125 cm³/mol. The normalized spacial score (nSPS) is 19.8. The SMILES string of the molecule is CN1CCN(c2ncccc2CNC(=O)NCc2ccccc2CN2CCC(O)C2)CC1. The number of pyridine rings is 1. The molecule has 0 saturated carbocycles. The molecule has 3 heterocycles. The fourth-order valence-electron chi connectivity index (χ4n) is 4.37. The van der Waals surface area contributed by atoms with Crippen molar-refractivity contribution in [2.24, 2.45) is 0 Å². The molecule has 1 aromatic heterocycles. The van der Waals surface area contributed by atoms with Gasteiger partial charge in [-0.25, -0.2) is 9.78 Å². The molecule has 0 radical (unpaired) electrons. The molecule has 2 amide bonds. The van der Waals surface area contributed by atoms with E-state index in [1.165, 1.54) is 5.56 Å². The van der Waals surface area contributed by atoms with E-state index < -0.39 is 0 Å². The lowest BCUT2D eigenvalue weighted by Crippen LogP contribution is -2.45. The molecule has 2 saturated heterocycles. The Morgan fingerprint density at radius 3 is 2.41 bits per heavy atom. The second kappa shape index (κ2) is 10.8. The summed E-state index contributed by atoms with van der Waals surface area (Å²) in [7, 11) is 2.13. The van der Waals surface area contributed by atoms with Crippen LogP contribution in [0.3, 0.4) is 0 Å². The number of hydrogen-bond acceptors (Lipinski definition) is 6. The molecule has 1 aromatic carbocycles. The number of benzene rings is 1. The Hall–Kier alpha value is -2.68. The molecule has 0 aliphatic carbocycles. The molecule has 32 heavy (non-hydrogen) atoms. The standard InChI is InChI=1S/C24H34N6O2/c1-28-11-13-30(14-12-28)23-20(7-4-9-25-23)16-27-24(32)26-15-19-5-2-3-6-21(19)17-29-10-8-22(31)18-29/h2-7,9,22,31H,8,10-18H2,1H3,(H2,26,27,32). The van der Waals surface area contributed by atoms with Gasteiger partial charge >= 0.3 is 6.03 Å². The third-order valence-electron chi connectivity index (χ3n) is 6.31. The molecule has 0 spiro atoms. The maximum absolute atomic E-state index is 12.5. The Morgan fingerprint density at radius 1 is 1.00 bits per heavy atom. The summed E-state index contributed by atoms with van der Waals surface area (Å²) in [6.45, 7) is 7.23. The number of piperazine rings is 1. The molecular formula is C24H34N6O2. The summed E-state index contributed by atoms with van der Waals surface area (Å²) in [6.07, 6.45) is 2.41. The molecule has 8 heteroatoms. The summed E-state index contributed by atoms with van der Waals surface area (Å²) < 4.78 is 0. The van der Waals surface area contributed by atoms with Crippen LogP contribution in [0.4, 0.5) is 10.6 Å². The zero-order chi connectivity index (χ0) is 22.3. The number of β-amino-alcohol motifs (C(OH)–C–C–N with tert-alkyl or cyclic N) is 1. The summed E-state index contributed by atoms with van der Waals surface area (Å²) in [5.74, 6) is 0.957. The van der Waals surface area contributed by atoms with Crippen molar-refractivity contribution in [3.05, 3.63) is 59.3 Å². The van der Waals surface area contributed by atoms with Crippen LogP contribution >= 0.6 is 0 Å². The first-order valence-electron chi connectivity index (χ1n) is 11.4. The third kappa shape index (κ3) is 5.97. The van der Waals surface area contributed by atoms with Crippen molar-refractivity contribution in [3.8, 4) is 0 Å². The van der Waals surface area contributed by atoms with E-state index in [2.05, 4.69) is 49.5 Å². The van der Waals surface area contributed by atoms with Crippen molar-refractivity contribution in [3.63, 3.8) is 0 Å². The van der Waals surface area contributed by atoms with Gasteiger partial charge in [-0.3, -0.25) is 4.90 Å². The first kappa shape index (κ1) is 22.5. The van der Waals surface area contributed by atoms with Crippen LogP contribution in [0.15, 0.2) is 42.6 Å². The summed E-state index contributed by atoms with van der Waals surface area (Å²) in [5.41, 5.74) is 3.32. The predicted octanol–water partition coefficient (Wildman–Crippen LogP) is 1.40. The molecule has 4 rings (SSSR count). The zero-order valence-corrected chi connectivity index (χ0v) is 18.8. The average Bonchev–Trinajstić information content (AvgIpc) is 3.22. The zero-order valence-electron chi connectivity index (χ0n) is 18.8. The minimum absolute atomic E-state index is 0.190. The summed E-state index contributed by atoms with van der Waals surface area (Å²) in [6, 6.07) is 11.9. The highest BCUT2D eigenvalue weighted by Gasteiger charge is 2.21. The summed E-state index contributed by atoms with van der Waals surface area (Å²) >= 11 is 0. The van der Waals surface area contributed by atoms with Crippen molar-refractivity contribution in [2.45, 2.75) is 32.2 Å². The van der Waals surface area contributed by atoms with Gasteiger partial charge in [0.1, 0.15) is 5.82 Å². The number of likely N-dealkylation sites (N-methyl/N-ethyl adjacent to an activating group) is 1. The van der Waals surface area contributed by atoms with Crippen LogP contribution in [0.5, 0.6) is 0 Å². The molecule has 2 aliphatic rings. The highest BCUT2D eigenvalue weighted by Crippen LogP contribution is 2.19. The Labute approximate surface area is 190 Å². The second-order valence-electron chi connectivity index (χ2n) is 8.76. The lowest BCUT2D eigenvalue weighted by atomic mass is 10.1. The number of amides is 2. The highest BCUT2D eigenvalue weighted by atomic mass is 16.3.